The van der Waals surface area contributed by atoms with Gasteiger partial charge in [0.2, 0.25) is 0 Å². The van der Waals surface area contributed by atoms with Crippen molar-refractivity contribution in [2.75, 3.05) is 4.90 Å². The topological polar surface area (TPSA) is 21.3 Å². The molecule has 57 heavy (non-hydrogen) atoms. The third kappa shape index (κ3) is 5.60. The zero-order chi connectivity index (χ0) is 37.7. The van der Waals surface area contributed by atoms with E-state index in [1.165, 1.54) is 38.5 Å². The molecular formula is C54H36N2O. The third-order valence-electron chi connectivity index (χ3n) is 11.2. The van der Waals surface area contributed by atoms with Gasteiger partial charge in [0.15, 0.2) is 0 Å². The molecule has 11 rings (SSSR count). The van der Waals surface area contributed by atoms with Crippen LogP contribution in [0.3, 0.4) is 0 Å². The lowest BCUT2D eigenvalue weighted by Crippen LogP contribution is -2.10. The van der Waals surface area contributed by atoms with Crippen LogP contribution in [-0.4, -0.2) is 4.57 Å². The normalized spacial score (nSPS) is 11.5. The molecule has 0 fully saturated rings. The van der Waals surface area contributed by atoms with Gasteiger partial charge < -0.3 is 13.9 Å². The van der Waals surface area contributed by atoms with Gasteiger partial charge in [-0.2, -0.15) is 0 Å². The maximum Gasteiger partial charge on any atom is 0.136 e. The summed E-state index contributed by atoms with van der Waals surface area (Å²) >= 11 is 0. The zero-order valence-electron chi connectivity index (χ0n) is 31.1. The quantitative estimate of drug-likeness (QED) is 0.163. The van der Waals surface area contributed by atoms with Gasteiger partial charge in [-0.05, 0) is 106 Å². The van der Waals surface area contributed by atoms with Crippen LogP contribution >= 0.6 is 0 Å². The van der Waals surface area contributed by atoms with Crippen molar-refractivity contribution in [3.63, 3.8) is 0 Å². The van der Waals surface area contributed by atoms with E-state index >= 15 is 0 Å². The molecule has 0 amide bonds. The van der Waals surface area contributed by atoms with Crippen LogP contribution in [0.2, 0.25) is 0 Å². The average Bonchev–Trinajstić information content (AvgIpc) is 3.84. The van der Waals surface area contributed by atoms with E-state index < -0.39 is 0 Å². The molecule has 11 aromatic rings. The van der Waals surface area contributed by atoms with Crippen LogP contribution in [0.1, 0.15) is 0 Å². The first-order valence-electron chi connectivity index (χ1n) is 19.4. The first kappa shape index (κ1) is 32.8. The highest BCUT2D eigenvalue weighted by Gasteiger charge is 2.21. The van der Waals surface area contributed by atoms with Crippen molar-refractivity contribution in [1.82, 2.24) is 4.57 Å². The number of nitrogens with zero attached hydrogens (tertiary/aromatic N) is 2. The van der Waals surface area contributed by atoms with E-state index in [2.05, 4.69) is 216 Å². The smallest absolute Gasteiger partial charge is 0.136 e. The van der Waals surface area contributed by atoms with Crippen molar-refractivity contribution < 1.29 is 4.42 Å². The van der Waals surface area contributed by atoms with Gasteiger partial charge in [-0.15, -0.1) is 0 Å². The van der Waals surface area contributed by atoms with Crippen LogP contribution in [0.15, 0.2) is 223 Å². The second kappa shape index (κ2) is 13.6. The minimum atomic E-state index is 0.898. The molecule has 0 aliphatic carbocycles. The lowest BCUT2D eigenvalue weighted by atomic mass is 9.98. The summed E-state index contributed by atoms with van der Waals surface area (Å²) in [5.74, 6) is 0. The van der Waals surface area contributed by atoms with Crippen molar-refractivity contribution in [3.05, 3.63) is 218 Å². The molecule has 0 N–H and O–H groups in total. The van der Waals surface area contributed by atoms with Gasteiger partial charge in [0.05, 0.1) is 11.0 Å². The van der Waals surface area contributed by atoms with Gasteiger partial charge >= 0.3 is 0 Å². The first-order chi connectivity index (χ1) is 28.3. The Bertz CT molecular complexity index is 3220. The number of rotatable bonds is 7. The van der Waals surface area contributed by atoms with Gasteiger partial charge in [-0.1, -0.05) is 146 Å². The summed E-state index contributed by atoms with van der Waals surface area (Å²) in [6, 6.07) is 78.2. The van der Waals surface area contributed by atoms with Crippen molar-refractivity contribution >= 4 is 60.8 Å². The first-order valence-corrected chi connectivity index (χ1v) is 19.4. The van der Waals surface area contributed by atoms with Crippen LogP contribution in [0, 0.1) is 0 Å². The molecular weight excluding hydrogens is 693 g/mol. The Balaban J connectivity index is 1.13. The van der Waals surface area contributed by atoms with Gasteiger partial charge in [-0.3, -0.25) is 0 Å². The minimum absolute atomic E-state index is 0.898. The molecule has 0 aliphatic rings. The Kier molecular flexibility index (Phi) is 7.82. The van der Waals surface area contributed by atoms with Crippen molar-refractivity contribution in [3.8, 4) is 39.1 Å². The summed E-state index contributed by atoms with van der Waals surface area (Å²) in [4.78, 5) is 2.39. The Morgan fingerprint density at radius 1 is 0.333 bits per heavy atom. The summed E-state index contributed by atoms with van der Waals surface area (Å²) in [7, 11) is 0. The number of fused-ring (bicyclic) bond motifs is 6. The second-order valence-corrected chi connectivity index (χ2v) is 14.5. The minimum Gasteiger partial charge on any atom is -0.456 e. The van der Waals surface area contributed by atoms with Crippen molar-refractivity contribution in [1.29, 1.82) is 0 Å². The molecule has 9 aromatic carbocycles. The molecule has 2 aromatic heterocycles. The molecule has 3 nitrogen and oxygen atoms in total. The van der Waals surface area contributed by atoms with Gasteiger partial charge in [-0.25, -0.2) is 0 Å². The molecule has 268 valence electrons. The van der Waals surface area contributed by atoms with E-state index in [0.717, 1.165) is 61.3 Å². The van der Waals surface area contributed by atoms with E-state index in [1.54, 1.807) is 0 Å². The molecule has 0 spiro atoms. The fourth-order valence-electron chi connectivity index (χ4n) is 8.62. The maximum absolute atomic E-state index is 6.26. The number of para-hydroxylation sites is 2. The van der Waals surface area contributed by atoms with Gasteiger partial charge in [0.25, 0.3) is 0 Å². The number of anilines is 3. The molecule has 0 aliphatic heterocycles. The highest BCUT2D eigenvalue weighted by atomic mass is 16.3. The lowest BCUT2D eigenvalue weighted by molar-refractivity contribution is 0.669. The number of hydrogen-bond acceptors (Lipinski definition) is 2. The molecule has 0 saturated heterocycles. The van der Waals surface area contributed by atoms with E-state index in [4.69, 9.17) is 4.42 Å². The SMILES string of the molecule is c1ccc(-c2cccc(N(c3ccc(-c4cccc5oc6ccccc6c45)cc3)c3ccc4c(c3)c3c(-c5ccccc5)cccc3n4-c3ccccc3)c2)cc1. The number of benzene rings is 9. The Morgan fingerprint density at radius 2 is 0.912 bits per heavy atom. The summed E-state index contributed by atoms with van der Waals surface area (Å²) < 4.78 is 8.66. The molecule has 0 saturated carbocycles. The van der Waals surface area contributed by atoms with E-state index in [9.17, 15) is 0 Å². The summed E-state index contributed by atoms with van der Waals surface area (Å²) in [5, 5.41) is 4.70. The molecule has 0 radical (unpaired) electrons. The fraction of sp³-hybridized carbons (Fsp3) is 0. The second-order valence-electron chi connectivity index (χ2n) is 14.5. The van der Waals surface area contributed by atoms with E-state index in [0.29, 0.717) is 0 Å². The maximum atomic E-state index is 6.26. The molecule has 0 bridgehead atoms. The third-order valence-corrected chi connectivity index (χ3v) is 11.2. The predicted octanol–water partition coefficient (Wildman–Crippen LogP) is 15.2. The Morgan fingerprint density at radius 3 is 1.70 bits per heavy atom. The zero-order valence-corrected chi connectivity index (χ0v) is 31.1. The van der Waals surface area contributed by atoms with Crippen LogP contribution in [0.25, 0.3) is 82.8 Å². The van der Waals surface area contributed by atoms with Crippen molar-refractivity contribution in [2.45, 2.75) is 0 Å². The standard InChI is InChI=1S/C54H36N2O/c1-4-15-37(16-5-1)40-19-12-22-43(35-40)55(42-31-29-39(30-32-42)46-25-14-28-52-54(46)47-23-10-11-27-51(47)57-52)44-33-34-49-48(36-44)53-45(38-17-6-2-7-18-38)24-13-26-50(53)56(49)41-20-8-3-9-21-41/h1-36H. The summed E-state index contributed by atoms with van der Waals surface area (Å²) in [5.41, 5.74) is 15.6. The Hall–Kier alpha value is -7.62. The lowest BCUT2D eigenvalue weighted by Gasteiger charge is -2.26. The highest BCUT2D eigenvalue weighted by Crippen LogP contribution is 2.44. The summed E-state index contributed by atoms with van der Waals surface area (Å²) in [6.07, 6.45) is 0. The summed E-state index contributed by atoms with van der Waals surface area (Å²) in [6.45, 7) is 0. The molecule has 0 unspecified atom stereocenters. The monoisotopic (exact) mass is 728 g/mol. The van der Waals surface area contributed by atoms with Crippen LogP contribution in [0.5, 0.6) is 0 Å². The number of furan rings is 1. The molecule has 3 heteroatoms. The van der Waals surface area contributed by atoms with Gasteiger partial charge in [0, 0.05) is 44.3 Å². The predicted molar refractivity (Wildman–Crippen MR) is 239 cm³/mol. The Labute approximate surface area is 330 Å². The van der Waals surface area contributed by atoms with Crippen molar-refractivity contribution in [2.24, 2.45) is 0 Å². The van der Waals surface area contributed by atoms with Gasteiger partial charge in [0.1, 0.15) is 11.2 Å². The van der Waals surface area contributed by atoms with Crippen LogP contribution in [-0.2, 0) is 0 Å². The number of hydrogen-bond donors (Lipinski definition) is 0. The van der Waals surface area contributed by atoms with E-state index in [-0.39, 0.29) is 0 Å². The number of aromatic nitrogens is 1. The van der Waals surface area contributed by atoms with E-state index in [1.807, 2.05) is 12.1 Å². The fourth-order valence-corrected chi connectivity index (χ4v) is 8.62. The van der Waals surface area contributed by atoms with Crippen LogP contribution < -0.4 is 4.90 Å². The molecule has 2 heterocycles. The molecule has 0 atom stereocenters. The largest absolute Gasteiger partial charge is 0.456 e. The van der Waals surface area contributed by atoms with Crippen LogP contribution in [0.4, 0.5) is 17.1 Å². The highest BCUT2D eigenvalue weighted by molar-refractivity contribution is 6.17. The average molecular weight is 729 g/mol.